The van der Waals surface area contributed by atoms with Crippen LogP contribution in [0.4, 0.5) is 0 Å². The average Bonchev–Trinajstić information content (AvgIpc) is 3.38. The van der Waals surface area contributed by atoms with Crippen LogP contribution in [0.2, 0.25) is 0 Å². The molecule has 0 atom stereocenters. The Balaban J connectivity index is 1.77. The lowest BCUT2D eigenvalue weighted by Crippen LogP contribution is -2.00. The van der Waals surface area contributed by atoms with Crippen LogP contribution < -0.4 is 14.2 Å². The summed E-state index contributed by atoms with van der Waals surface area (Å²) in [5, 5.41) is 4.14. The predicted octanol–water partition coefficient (Wildman–Crippen LogP) is 4.99. The van der Waals surface area contributed by atoms with Crippen LogP contribution in [-0.4, -0.2) is 41.0 Å². The van der Waals surface area contributed by atoms with Crippen molar-refractivity contribution in [3.05, 3.63) is 52.4 Å². The maximum Gasteiger partial charge on any atom is 0.278 e. The summed E-state index contributed by atoms with van der Waals surface area (Å²) < 4.78 is 24.8. The van der Waals surface area contributed by atoms with Crippen LogP contribution >= 0.6 is 15.9 Å². The number of methoxy groups -OCH3 is 3. The van der Waals surface area contributed by atoms with Crippen molar-refractivity contribution in [3.8, 4) is 45.9 Å². The molecule has 9 heteroatoms. The number of halogens is 1. The lowest BCUT2D eigenvalue weighted by atomic mass is 10.1. The molecule has 2 aromatic heterocycles. The van der Waals surface area contributed by atoms with Crippen molar-refractivity contribution in [2.24, 2.45) is 0 Å². The quantitative estimate of drug-likeness (QED) is 0.380. The van der Waals surface area contributed by atoms with Crippen LogP contribution in [0, 0.1) is 13.8 Å². The largest absolute Gasteiger partial charge is 0.493 e. The zero-order chi connectivity index (χ0) is 22.1. The number of nitrogens with zero attached hydrogens (tertiary/aromatic N) is 4. The van der Waals surface area contributed by atoms with E-state index >= 15 is 0 Å². The Labute approximate surface area is 187 Å². The van der Waals surface area contributed by atoms with Gasteiger partial charge in [-0.3, -0.25) is 4.57 Å². The number of para-hydroxylation sites is 1. The van der Waals surface area contributed by atoms with Crippen LogP contribution in [-0.2, 0) is 0 Å². The second-order valence-corrected chi connectivity index (χ2v) is 7.57. The molecule has 2 aromatic carbocycles. The molecule has 0 aliphatic heterocycles. The Bertz CT molecular complexity index is 1220. The summed E-state index contributed by atoms with van der Waals surface area (Å²) in [6.45, 7) is 3.91. The summed E-state index contributed by atoms with van der Waals surface area (Å²) in [6, 6.07) is 11.5. The first-order valence-electron chi connectivity index (χ1n) is 9.43. The molecule has 0 aliphatic rings. The molecule has 0 radical (unpaired) electrons. The van der Waals surface area contributed by atoms with Crippen molar-refractivity contribution >= 4 is 15.9 Å². The van der Waals surface area contributed by atoms with Gasteiger partial charge in [-0.05, 0) is 54.0 Å². The van der Waals surface area contributed by atoms with Gasteiger partial charge < -0.3 is 18.7 Å². The first-order valence-corrected chi connectivity index (χ1v) is 10.2. The SMILES string of the molecule is COc1cc(-c2noc(-c3nc(C)n(-c4ccccc4Br)c3C)n2)cc(OC)c1OC. The first-order chi connectivity index (χ1) is 15.0. The topological polar surface area (TPSA) is 84.4 Å². The number of aromatic nitrogens is 4. The molecule has 0 bridgehead atoms. The zero-order valence-corrected chi connectivity index (χ0v) is 19.3. The molecular weight excluding hydrogens is 464 g/mol. The standard InChI is InChI=1S/C22H21BrN4O4/c1-12-19(24-13(2)27(12)16-9-7-6-8-15(16)23)22-25-21(26-31-22)14-10-17(28-3)20(30-5)18(11-14)29-4/h6-11H,1-5H3. The molecule has 160 valence electrons. The molecule has 0 fully saturated rings. The van der Waals surface area contributed by atoms with Gasteiger partial charge in [-0.15, -0.1) is 0 Å². The van der Waals surface area contributed by atoms with Crippen molar-refractivity contribution < 1.29 is 18.7 Å². The number of rotatable bonds is 6. The second kappa shape index (κ2) is 8.43. The van der Waals surface area contributed by atoms with Gasteiger partial charge in [0.15, 0.2) is 11.5 Å². The summed E-state index contributed by atoms with van der Waals surface area (Å²) in [5.74, 6) is 3.04. The third-order valence-electron chi connectivity index (χ3n) is 4.92. The number of aryl methyl sites for hydroxylation is 1. The van der Waals surface area contributed by atoms with E-state index in [0.717, 1.165) is 21.7 Å². The lowest BCUT2D eigenvalue weighted by Gasteiger charge is -2.12. The number of imidazole rings is 1. The van der Waals surface area contributed by atoms with Gasteiger partial charge in [0.1, 0.15) is 11.5 Å². The molecule has 4 aromatic rings. The van der Waals surface area contributed by atoms with Gasteiger partial charge in [0.05, 0.1) is 32.7 Å². The summed E-state index contributed by atoms with van der Waals surface area (Å²) in [6.07, 6.45) is 0. The van der Waals surface area contributed by atoms with Crippen molar-refractivity contribution in [3.63, 3.8) is 0 Å². The second-order valence-electron chi connectivity index (χ2n) is 6.72. The summed E-state index contributed by atoms with van der Waals surface area (Å²) in [5.41, 5.74) is 3.17. The molecular formula is C22H21BrN4O4. The Morgan fingerprint density at radius 1 is 0.935 bits per heavy atom. The highest BCUT2D eigenvalue weighted by molar-refractivity contribution is 9.10. The highest BCUT2D eigenvalue weighted by Crippen LogP contribution is 2.41. The van der Waals surface area contributed by atoms with Crippen molar-refractivity contribution in [1.82, 2.24) is 19.7 Å². The van der Waals surface area contributed by atoms with Crippen molar-refractivity contribution in [2.45, 2.75) is 13.8 Å². The normalized spacial score (nSPS) is 10.9. The number of hydrogen-bond acceptors (Lipinski definition) is 7. The average molecular weight is 485 g/mol. The smallest absolute Gasteiger partial charge is 0.278 e. The maximum absolute atomic E-state index is 5.56. The van der Waals surface area contributed by atoms with Gasteiger partial charge in [-0.1, -0.05) is 17.3 Å². The molecule has 0 amide bonds. The number of hydrogen-bond donors (Lipinski definition) is 0. The van der Waals surface area contributed by atoms with E-state index in [9.17, 15) is 0 Å². The fourth-order valence-corrected chi connectivity index (χ4v) is 3.94. The van der Waals surface area contributed by atoms with Crippen molar-refractivity contribution in [2.75, 3.05) is 21.3 Å². The van der Waals surface area contributed by atoms with Crippen LogP contribution in [0.5, 0.6) is 17.2 Å². The van der Waals surface area contributed by atoms with Gasteiger partial charge >= 0.3 is 0 Å². The Morgan fingerprint density at radius 2 is 1.61 bits per heavy atom. The van der Waals surface area contributed by atoms with Crippen LogP contribution in [0.15, 0.2) is 45.4 Å². The van der Waals surface area contributed by atoms with Crippen LogP contribution in [0.3, 0.4) is 0 Å². The Hall–Kier alpha value is -3.33. The van der Waals surface area contributed by atoms with Crippen molar-refractivity contribution in [1.29, 1.82) is 0 Å². The summed E-state index contributed by atoms with van der Waals surface area (Å²) in [4.78, 5) is 9.25. The van der Waals surface area contributed by atoms with Gasteiger partial charge in [0.25, 0.3) is 5.89 Å². The van der Waals surface area contributed by atoms with E-state index in [2.05, 4.69) is 31.1 Å². The molecule has 0 N–H and O–H groups in total. The van der Waals surface area contributed by atoms with E-state index in [1.165, 1.54) is 0 Å². The van der Waals surface area contributed by atoms with E-state index < -0.39 is 0 Å². The molecule has 4 rings (SSSR count). The minimum atomic E-state index is 0.329. The third-order valence-corrected chi connectivity index (χ3v) is 5.59. The van der Waals surface area contributed by atoms with E-state index in [0.29, 0.717) is 40.2 Å². The van der Waals surface area contributed by atoms with Gasteiger partial charge in [0.2, 0.25) is 11.6 Å². The number of ether oxygens (including phenoxy) is 3. The van der Waals surface area contributed by atoms with E-state index in [1.54, 1.807) is 33.5 Å². The highest BCUT2D eigenvalue weighted by atomic mass is 79.9. The molecule has 0 spiro atoms. The van der Waals surface area contributed by atoms with Crippen LogP contribution in [0.1, 0.15) is 11.5 Å². The molecule has 2 heterocycles. The maximum atomic E-state index is 5.56. The fraction of sp³-hybridized carbons (Fsp3) is 0.227. The molecule has 31 heavy (non-hydrogen) atoms. The lowest BCUT2D eigenvalue weighted by molar-refractivity contribution is 0.324. The third kappa shape index (κ3) is 3.65. The monoisotopic (exact) mass is 484 g/mol. The Kier molecular flexibility index (Phi) is 5.69. The van der Waals surface area contributed by atoms with Crippen LogP contribution in [0.25, 0.3) is 28.7 Å². The molecule has 0 aliphatic carbocycles. The molecule has 0 unspecified atom stereocenters. The van der Waals surface area contributed by atoms with E-state index in [1.807, 2.05) is 42.7 Å². The first kappa shape index (κ1) is 20.9. The molecule has 0 saturated heterocycles. The zero-order valence-electron chi connectivity index (χ0n) is 17.8. The van der Waals surface area contributed by atoms with Gasteiger partial charge in [0, 0.05) is 10.0 Å². The predicted molar refractivity (Wildman–Crippen MR) is 119 cm³/mol. The summed E-state index contributed by atoms with van der Waals surface area (Å²) in [7, 11) is 4.67. The van der Waals surface area contributed by atoms with E-state index in [-0.39, 0.29) is 0 Å². The fourth-order valence-electron chi connectivity index (χ4n) is 3.48. The molecule has 0 saturated carbocycles. The minimum Gasteiger partial charge on any atom is -0.493 e. The highest BCUT2D eigenvalue weighted by Gasteiger charge is 2.22. The number of benzene rings is 2. The Morgan fingerprint density at radius 3 is 2.23 bits per heavy atom. The van der Waals surface area contributed by atoms with E-state index in [4.69, 9.17) is 18.7 Å². The minimum absolute atomic E-state index is 0.329. The van der Waals surface area contributed by atoms with Gasteiger partial charge in [-0.25, -0.2) is 4.98 Å². The molecule has 8 nitrogen and oxygen atoms in total. The van der Waals surface area contributed by atoms with Gasteiger partial charge in [-0.2, -0.15) is 4.98 Å². The summed E-state index contributed by atoms with van der Waals surface area (Å²) >= 11 is 3.61.